The number of nitrogens with one attached hydrogen (secondary N) is 3. The zero-order valence-corrected chi connectivity index (χ0v) is 19.1. The number of anilines is 2. The first-order valence-corrected chi connectivity index (χ1v) is 11.4. The van der Waals surface area contributed by atoms with Crippen LogP contribution in [0, 0.1) is 5.41 Å². The van der Waals surface area contributed by atoms with Gasteiger partial charge in [-0.3, -0.25) is 4.40 Å². The number of hydrogen-bond donors (Lipinski definition) is 3. The highest BCUT2D eigenvalue weighted by Gasteiger charge is 2.14. The lowest BCUT2D eigenvalue weighted by atomic mass is 10.1. The van der Waals surface area contributed by atoms with Crippen LogP contribution in [0.3, 0.4) is 0 Å². The van der Waals surface area contributed by atoms with Gasteiger partial charge < -0.3 is 21.1 Å². The second-order valence-corrected chi connectivity index (χ2v) is 8.15. The van der Waals surface area contributed by atoms with Gasteiger partial charge in [0.05, 0.1) is 17.6 Å². The Labute approximate surface area is 198 Å². The number of pyridine rings is 1. The van der Waals surface area contributed by atoms with Gasteiger partial charge in [0.15, 0.2) is 0 Å². The number of hydrazone groups is 1. The van der Waals surface area contributed by atoms with E-state index in [-0.39, 0.29) is 0 Å². The summed E-state index contributed by atoms with van der Waals surface area (Å²) >= 11 is 0. The molecule has 3 aromatic heterocycles. The average molecular weight is 454 g/mol. The molecule has 0 aliphatic carbocycles. The van der Waals surface area contributed by atoms with E-state index in [9.17, 15) is 0 Å². The fourth-order valence-electron chi connectivity index (χ4n) is 4.21. The fraction of sp³-hybridized carbons (Fsp3) is 0.240. The van der Waals surface area contributed by atoms with Gasteiger partial charge in [-0.25, -0.2) is 15.0 Å². The predicted molar refractivity (Wildman–Crippen MR) is 136 cm³/mol. The van der Waals surface area contributed by atoms with Crippen LogP contribution < -0.4 is 15.6 Å². The van der Waals surface area contributed by atoms with Crippen molar-refractivity contribution < 1.29 is 0 Å². The highest BCUT2D eigenvalue weighted by molar-refractivity contribution is 6.37. The Kier molecular flexibility index (Phi) is 6.15. The Morgan fingerprint density at radius 1 is 1.09 bits per heavy atom. The summed E-state index contributed by atoms with van der Waals surface area (Å²) in [6.07, 6.45) is 9.24. The van der Waals surface area contributed by atoms with E-state index < -0.39 is 0 Å². The van der Waals surface area contributed by atoms with Crippen molar-refractivity contribution in [2.75, 3.05) is 30.4 Å². The van der Waals surface area contributed by atoms with Crippen molar-refractivity contribution in [3.63, 3.8) is 0 Å². The third-order valence-corrected chi connectivity index (χ3v) is 5.99. The monoisotopic (exact) mass is 453 g/mol. The molecule has 9 heteroatoms. The summed E-state index contributed by atoms with van der Waals surface area (Å²) in [6.45, 7) is 2.84. The Morgan fingerprint density at radius 3 is 2.68 bits per heavy atom. The fourth-order valence-corrected chi connectivity index (χ4v) is 4.21. The maximum Gasteiger partial charge on any atom is 0.139 e. The molecule has 1 fully saturated rings. The standard InChI is InChI=1S/C25H27N9/c1-27-32-22(14-26)19-6-4-18(5-7-19)15-28-24-13-21(30-17-31-24)23-16-29-25-12-20(8-11-34(23)25)33-9-2-3-10-33/h4-8,11-14,16-17,26-27H,2-3,9-10,15H2,1H3,(H,28,30,31)/b26-14?,32-22+. The first kappa shape index (κ1) is 21.6. The van der Waals surface area contributed by atoms with Gasteiger partial charge in [0.25, 0.3) is 0 Å². The van der Waals surface area contributed by atoms with Crippen LogP contribution in [0.25, 0.3) is 17.0 Å². The summed E-state index contributed by atoms with van der Waals surface area (Å²) in [5.74, 6) is 0.745. The molecule has 1 aromatic carbocycles. The van der Waals surface area contributed by atoms with Crippen molar-refractivity contribution in [2.45, 2.75) is 19.4 Å². The third kappa shape index (κ3) is 4.45. The SMILES string of the molecule is CN/N=C(\C=N)c1ccc(CNc2cc(-c3cnc4cc(N5CCCC5)ccn34)ncn2)cc1. The number of hydrogen-bond acceptors (Lipinski definition) is 8. The van der Waals surface area contributed by atoms with Crippen LogP contribution in [0.5, 0.6) is 0 Å². The zero-order chi connectivity index (χ0) is 23.3. The van der Waals surface area contributed by atoms with Crippen LogP contribution in [-0.2, 0) is 6.54 Å². The lowest BCUT2D eigenvalue weighted by Crippen LogP contribution is -2.17. The van der Waals surface area contributed by atoms with Crippen molar-refractivity contribution >= 4 is 29.1 Å². The number of rotatable bonds is 8. The summed E-state index contributed by atoms with van der Waals surface area (Å²) in [4.78, 5) is 15.9. The van der Waals surface area contributed by atoms with Crippen molar-refractivity contribution in [1.82, 2.24) is 24.8 Å². The van der Waals surface area contributed by atoms with Gasteiger partial charge in [-0.05, 0) is 24.5 Å². The quantitative estimate of drug-likeness (QED) is 0.278. The van der Waals surface area contributed by atoms with Crippen LogP contribution >= 0.6 is 0 Å². The summed E-state index contributed by atoms with van der Waals surface area (Å²) in [7, 11) is 1.72. The second-order valence-electron chi connectivity index (χ2n) is 8.15. The van der Waals surface area contributed by atoms with E-state index in [1.807, 2.05) is 36.5 Å². The molecule has 0 saturated carbocycles. The first-order chi connectivity index (χ1) is 16.7. The van der Waals surface area contributed by atoms with Crippen LogP contribution in [0.15, 0.2) is 66.3 Å². The van der Waals surface area contributed by atoms with E-state index in [2.05, 4.69) is 58.4 Å². The molecule has 1 aliphatic rings. The largest absolute Gasteiger partial charge is 0.371 e. The minimum atomic E-state index is 0.586. The molecule has 172 valence electrons. The highest BCUT2D eigenvalue weighted by atomic mass is 15.3. The molecule has 34 heavy (non-hydrogen) atoms. The van der Waals surface area contributed by atoms with E-state index in [0.717, 1.165) is 47.1 Å². The maximum absolute atomic E-state index is 7.50. The Balaban J connectivity index is 1.30. The van der Waals surface area contributed by atoms with Gasteiger partial charge in [0.1, 0.15) is 23.5 Å². The van der Waals surface area contributed by atoms with Gasteiger partial charge in [-0.15, -0.1) is 0 Å². The Hall–Kier alpha value is -4.27. The molecule has 4 heterocycles. The van der Waals surface area contributed by atoms with Crippen molar-refractivity contribution in [3.05, 3.63) is 72.3 Å². The van der Waals surface area contributed by atoms with E-state index in [0.29, 0.717) is 12.3 Å². The van der Waals surface area contributed by atoms with Crippen LogP contribution in [0.2, 0.25) is 0 Å². The minimum Gasteiger partial charge on any atom is -0.371 e. The summed E-state index contributed by atoms with van der Waals surface area (Å²) < 4.78 is 2.07. The number of imidazole rings is 1. The minimum absolute atomic E-state index is 0.586. The van der Waals surface area contributed by atoms with Gasteiger partial charge in [-0.1, -0.05) is 24.3 Å². The molecule has 0 unspecified atom stereocenters. The van der Waals surface area contributed by atoms with Crippen molar-refractivity contribution in [1.29, 1.82) is 5.41 Å². The first-order valence-electron chi connectivity index (χ1n) is 11.4. The normalized spacial score (nSPS) is 13.9. The van der Waals surface area contributed by atoms with Gasteiger partial charge >= 0.3 is 0 Å². The van der Waals surface area contributed by atoms with Gasteiger partial charge in [-0.2, -0.15) is 5.10 Å². The summed E-state index contributed by atoms with van der Waals surface area (Å²) in [6, 6.07) is 14.2. The van der Waals surface area contributed by atoms with E-state index in [1.54, 1.807) is 13.4 Å². The highest BCUT2D eigenvalue weighted by Crippen LogP contribution is 2.25. The molecule has 9 nitrogen and oxygen atoms in total. The number of benzene rings is 1. The number of nitrogens with zero attached hydrogens (tertiary/aromatic N) is 6. The molecule has 0 amide bonds. The molecule has 3 N–H and O–H groups in total. The molecule has 5 rings (SSSR count). The molecule has 0 atom stereocenters. The maximum atomic E-state index is 7.50. The molecule has 0 spiro atoms. The second kappa shape index (κ2) is 9.70. The number of aromatic nitrogens is 4. The van der Waals surface area contributed by atoms with Gasteiger partial charge in [0, 0.05) is 62.5 Å². The lowest BCUT2D eigenvalue weighted by Gasteiger charge is -2.17. The molecule has 4 aromatic rings. The summed E-state index contributed by atoms with van der Waals surface area (Å²) in [5.41, 5.74) is 9.18. The molecular formula is C25H27N9. The molecule has 0 bridgehead atoms. The van der Waals surface area contributed by atoms with Crippen LogP contribution in [-0.4, -0.2) is 51.4 Å². The van der Waals surface area contributed by atoms with Gasteiger partial charge in [0.2, 0.25) is 0 Å². The third-order valence-electron chi connectivity index (χ3n) is 5.99. The van der Waals surface area contributed by atoms with Crippen LogP contribution in [0.4, 0.5) is 11.5 Å². The topological polar surface area (TPSA) is 107 Å². The molecule has 1 saturated heterocycles. The smallest absolute Gasteiger partial charge is 0.139 e. The van der Waals surface area contributed by atoms with E-state index >= 15 is 0 Å². The Morgan fingerprint density at radius 2 is 1.91 bits per heavy atom. The average Bonchev–Trinajstić information content (AvgIpc) is 3.57. The zero-order valence-electron chi connectivity index (χ0n) is 19.1. The molecule has 1 aliphatic heterocycles. The number of fused-ring (bicyclic) bond motifs is 1. The Bertz CT molecular complexity index is 1320. The van der Waals surface area contributed by atoms with Crippen molar-refractivity contribution in [3.8, 4) is 11.4 Å². The molecular weight excluding hydrogens is 426 g/mol. The predicted octanol–water partition coefficient (Wildman–Crippen LogP) is 3.58. The van der Waals surface area contributed by atoms with Crippen LogP contribution in [0.1, 0.15) is 24.0 Å². The lowest BCUT2D eigenvalue weighted by molar-refractivity contribution is 0.904. The summed E-state index contributed by atoms with van der Waals surface area (Å²) in [5, 5.41) is 15.0. The van der Waals surface area contributed by atoms with E-state index in [1.165, 1.54) is 24.7 Å². The van der Waals surface area contributed by atoms with E-state index in [4.69, 9.17) is 5.41 Å². The van der Waals surface area contributed by atoms with Crippen molar-refractivity contribution in [2.24, 2.45) is 5.10 Å². The molecule has 0 radical (unpaired) electrons.